The Morgan fingerprint density at radius 1 is 1.09 bits per heavy atom. The number of carbonyl (C=O) groups is 2. The highest BCUT2D eigenvalue weighted by Crippen LogP contribution is 2.32. The summed E-state index contributed by atoms with van der Waals surface area (Å²) >= 11 is 0. The summed E-state index contributed by atoms with van der Waals surface area (Å²) in [7, 11) is 0. The van der Waals surface area contributed by atoms with E-state index in [-0.39, 0.29) is 23.8 Å². The molecule has 2 rings (SSSR count). The second-order valence-electron chi connectivity index (χ2n) is 7.23. The van der Waals surface area contributed by atoms with E-state index in [2.05, 4.69) is 5.32 Å². The fourth-order valence-corrected chi connectivity index (χ4v) is 4.16. The number of hydrogen-bond donors (Lipinski definition) is 2. The van der Waals surface area contributed by atoms with Crippen molar-refractivity contribution >= 4 is 11.8 Å². The van der Waals surface area contributed by atoms with Crippen LogP contribution in [-0.2, 0) is 9.59 Å². The molecule has 2 amide bonds. The smallest absolute Gasteiger partial charge is 0.248 e. The van der Waals surface area contributed by atoms with Crippen LogP contribution in [0.25, 0.3) is 0 Å². The van der Waals surface area contributed by atoms with Crippen LogP contribution in [0.5, 0.6) is 0 Å². The number of amides is 2. The molecule has 0 spiro atoms. The fraction of sp³-hybridized carbons (Fsp3) is 0.889. The van der Waals surface area contributed by atoms with Gasteiger partial charge in [-0.15, -0.1) is 0 Å². The summed E-state index contributed by atoms with van der Waals surface area (Å²) in [5.74, 6) is 0.125. The summed E-state index contributed by atoms with van der Waals surface area (Å²) in [4.78, 5) is 27.7. The van der Waals surface area contributed by atoms with Crippen LogP contribution >= 0.6 is 0 Å². The number of nitrogens with zero attached hydrogens (tertiary/aromatic N) is 1. The number of likely N-dealkylation sites (N-methyl/N-ethyl adjacent to an activating group) is 1. The number of carbonyl (C=O) groups excluding carboxylic acids is 2. The van der Waals surface area contributed by atoms with Gasteiger partial charge in [0.25, 0.3) is 0 Å². The minimum absolute atomic E-state index is 0.0259. The molecule has 0 aromatic heterocycles. The van der Waals surface area contributed by atoms with Gasteiger partial charge in [-0.05, 0) is 46.0 Å². The number of nitrogens with two attached hydrogens (primary N) is 1. The average molecular weight is 323 g/mol. The first kappa shape index (κ1) is 18.2. The lowest BCUT2D eigenvalue weighted by Gasteiger charge is -2.41. The molecule has 23 heavy (non-hydrogen) atoms. The molecule has 2 aliphatic carbocycles. The normalized spacial score (nSPS) is 27.3. The summed E-state index contributed by atoms with van der Waals surface area (Å²) in [6.45, 7) is 5.39. The van der Waals surface area contributed by atoms with Crippen LogP contribution < -0.4 is 11.1 Å². The third-order valence-electron chi connectivity index (χ3n) is 5.62. The van der Waals surface area contributed by atoms with Crippen molar-refractivity contribution in [3.05, 3.63) is 0 Å². The first-order chi connectivity index (χ1) is 11.0. The van der Waals surface area contributed by atoms with Crippen LogP contribution in [0.15, 0.2) is 0 Å². The number of rotatable bonds is 5. The van der Waals surface area contributed by atoms with E-state index >= 15 is 0 Å². The molecule has 5 nitrogen and oxygen atoms in total. The standard InChI is InChI=1S/C18H33N3O2/c1-3-21(4-2)17(23)18(11-6-5-7-12-18)20-16(22)14-9-8-10-15(19)13-14/h14-15H,3-13,19H2,1-2H3,(H,20,22). The molecule has 2 fully saturated rings. The van der Waals surface area contributed by atoms with Crippen molar-refractivity contribution in [2.24, 2.45) is 11.7 Å². The summed E-state index contributed by atoms with van der Waals surface area (Å²) in [6.07, 6.45) is 8.38. The Hall–Kier alpha value is -1.10. The molecule has 0 radical (unpaired) electrons. The Kier molecular flexibility index (Phi) is 6.45. The topological polar surface area (TPSA) is 75.4 Å². The number of nitrogens with one attached hydrogen (secondary N) is 1. The zero-order valence-corrected chi connectivity index (χ0v) is 14.8. The molecule has 0 saturated heterocycles. The van der Waals surface area contributed by atoms with Gasteiger partial charge in [0.1, 0.15) is 5.54 Å². The van der Waals surface area contributed by atoms with Crippen molar-refractivity contribution in [3.63, 3.8) is 0 Å². The van der Waals surface area contributed by atoms with Crippen LogP contribution in [0.4, 0.5) is 0 Å². The van der Waals surface area contributed by atoms with Crippen molar-refractivity contribution in [2.45, 2.75) is 83.2 Å². The van der Waals surface area contributed by atoms with Gasteiger partial charge in [0.05, 0.1) is 0 Å². The van der Waals surface area contributed by atoms with Gasteiger partial charge < -0.3 is 16.0 Å². The van der Waals surface area contributed by atoms with Gasteiger partial charge in [0.15, 0.2) is 0 Å². The Morgan fingerprint density at radius 2 is 1.74 bits per heavy atom. The van der Waals surface area contributed by atoms with Gasteiger partial charge in [-0.1, -0.05) is 25.7 Å². The van der Waals surface area contributed by atoms with Gasteiger partial charge in [-0.3, -0.25) is 9.59 Å². The molecule has 0 aliphatic heterocycles. The van der Waals surface area contributed by atoms with Crippen LogP contribution in [-0.4, -0.2) is 41.4 Å². The highest BCUT2D eigenvalue weighted by molar-refractivity contribution is 5.92. The van der Waals surface area contributed by atoms with E-state index in [0.717, 1.165) is 57.8 Å². The van der Waals surface area contributed by atoms with Crippen molar-refractivity contribution in [3.8, 4) is 0 Å². The van der Waals surface area contributed by atoms with Gasteiger partial charge >= 0.3 is 0 Å². The Bertz CT molecular complexity index is 414. The maximum atomic E-state index is 13.1. The summed E-state index contributed by atoms with van der Waals surface area (Å²) in [5, 5.41) is 3.19. The lowest BCUT2D eigenvalue weighted by atomic mass is 9.79. The van der Waals surface area contributed by atoms with Gasteiger partial charge in [0.2, 0.25) is 11.8 Å². The van der Waals surface area contributed by atoms with Crippen molar-refractivity contribution in [1.82, 2.24) is 10.2 Å². The molecule has 0 aromatic rings. The zero-order valence-electron chi connectivity index (χ0n) is 14.8. The van der Waals surface area contributed by atoms with E-state index in [1.165, 1.54) is 0 Å². The second kappa shape index (κ2) is 8.13. The first-order valence-electron chi connectivity index (χ1n) is 9.39. The molecule has 2 aliphatic rings. The zero-order chi connectivity index (χ0) is 16.9. The van der Waals surface area contributed by atoms with Gasteiger partial charge in [-0.25, -0.2) is 0 Å². The van der Waals surface area contributed by atoms with E-state index in [9.17, 15) is 9.59 Å². The molecule has 2 atom stereocenters. The van der Waals surface area contributed by atoms with E-state index in [4.69, 9.17) is 5.73 Å². The first-order valence-corrected chi connectivity index (χ1v) is 9.39. The molecule has 0 aromatic carbocycles. The minimum atomic E-state index is -0.678. The highest BCUT2D eigenvalue weighted by Gasteiger charge is 2.43. The van der Waals surface area contributed by atoms with Crippen molar-refractivity contribution in [2.75, 3.05) is 13.1 Å². The van der Waals surface area contributed by atoms with E-state index in [1.807, 2.05) is 18.7 Å². The highest BCUT2D eigenvalue weighted by atomic mass is 16.2. The largest absolute Gasteiger partial charge is 0.341 e. The molecular formula is C18H33N3O2. The molecule has 0 heterocycles. The second-order valence-corrected chi connectivity index (χ2v) is 7.23. The van der Waals surface area contributed by atoms with E-state index in [1.54, 1.807) is 0 Å². The maximum Gasteiger partial charge on any atom is 0.248 e. The summed E-state index contributed by atoms with van der Waals surface area (Å²) in [6, 6.07) is 0.125. The minimum Gasteiger partial charge on any atom is -0.341 e. The lowest BCUT2D eigenvalue weighted by Crippen LogP contribution is -2.61. The average Bonchev–Trinajstić information content (AvgIpc) is 2.56. The van der Waals surface area contributed by atoms with Crippen LogP contribution in [0, 0.1) is 5.92 Å². The Labute approximate surface area is 140 Å². The summed E-state index contributed by atoms with van der Waals surface area (Å²) in [5.41, 5.74) is 5.35. The Balaban J connectivity index is 2.11. The van der Waals surface area contributed by atoms with E-state index < -0.39 is 5.54 Å². The molecule has 3 N–H and O–H groups in total. The predicted molar refractivity (Wildman–Crippen MR) is 91.8 cm³/mol. The van der Waals surface area contributed by atoms with Crippen LogP contribution in [0.3, 0.4) is 0 Å². The molecule has 2 saturated carbocycles. The molecule has 0 bridgehead atoms. The third-order valence-corrected chi connectivity index (χ3v) is 5.62. The predicted octanol–water partition coefficient (Wildman–Crippen LogP) is 2.19. The molecule has 5 heteroatoms. The third kappa shape index (κ3) is 4.25. The molecule has 2 unspecified atom stereocenters. The van der Waals surface area contributed by atoms with Gasteiger partial charge in [0, 0.05) is 25.0 Å². The summed E-state index contributed by atoms with van der Waals surface area (Å²) < 4.78 is 0. The maximum absolute atomic E-state index is 13.1. The van der Waals surface area contributed by atoms with Crippen molar-refractivity contribution < 1.29 is 9.59 Å². The molecular weight excluding hydrogens is 290 g/mol. The quantitative estimate of drug-likeness (QED) is 0.814. The monoisotopic (exact) mass is 323 g/mol. The van der Waals surface area contributed by atoms with Crippen molar-refractivity contribution in [1.29, 1.82) is 0 Å². The van der Waals surface area contributed by atoms with Gasteiger partial charge in [-0.2, -0.15) is 0 Å². The van der Waals surface area contributed by atoms with Crippen LogP contribution in [0.2, 0.25) is 0 Å². The SMILES string of the molecule is CCN(CC)C(=O)C1(NC(=O)C2CCCC(N)C2)CCCCC1. The Morgan fingerprint density at radius 3 is 2.30 bits per heavy atom. The number of hydrogen-bond acceptors (Lipinski definition) is 3. The van der Waals surface area contributed by atoms with E-state index in [0.29, 0.717) is 13.1 Å². The fourth-order valence-electron chi connectivity index (χ4n) is 4.16. The lowest BCUT2D eigenvalue weighted by molar-refractivity contribution is -0.144. The molecule has 132 valence electrons. The van der Waals surface area contributed by atoms with Crippen LogP contribution in [0.1, 0.15) is 71.6 Å².